The molecule has 2 fully saturated rings. The topological polar surface area (TPSA) is 215 Å². The summed E-state index contributed by atoms with van der Waals surface area (Å²) in [5.74, 6) is -2.23. The number of aliphatic carboxylic acids is 2. The predicted molar refractivity (Wildman–Crippen MR) is 153 cm³/mol. The van der Waals surface area contributed by atoms with Gasteiger partial charge in [0.15, 0.2) is 6.29 Å². The molecular formula is C27H45N6O9Pd-. The summed E-state index contributed by atoms with van der Waals surface area (Å²) in [7, 11) is 1.00. The van der Waals surface area contributed by atoms with E-state index >= 15 is 0 Å². The van der Waals surface area contributed by atoms with Crippen LogP contribution in [0.2, 0.25) is 0 Å². The van der Waals surface area contributed by atoms with Crippen molar-refractivity contribution in [3.8, 4) is 0 Å². The molecule has 0 saturated carbocycles. The largest absolute Gasteiger partial charge is 0.481 e. The molecule has 0 radical (unpaired) electrons. The molecule has 2 saturated heterocycles. The van der Waals surface area contributed by atoms with Crippen LogP contribution in [-0.2, 0) is 57.4 Å². The average Bonchev–Trinajstić information content (AvgIpc) is 3.79. The number of aliphatic hydroxyl groups is 2. The Morgan fingerprint density at radius 3 is 1.65 bits per heavy atom. The fourth-order valence-electron chi connectivity index (χ4n) is 2.63. The zero-order valence-corrected chi connectivity index (χ0v) is 26.7. The van der Waals surface area contributed by atoms with Gasteiger partial charge in [-0.3, -0.25) is 28.8 Å². The normalized spacial score (nSPS) is 16.8. The van der Waals surface area contributed by atoms with Gasteiger partial charge in [0.05, 0.1) is 30.8 Å². The molecule has 2 aliphatic heterocycles. The molecule has 0 aliphatic carbocycles. The first-order valence-corrected chi connectivity index (χ1v) is 12.8. The number of nitrogens with one attached hydrogen (secondary N) is 1. The molecular weight excluding hydrogens is 659 g/mol. The monoisotopic (exact) mass is 703 g/mol. The third-order valence-corrected chi connectivity index (χ3v) is 5.07. The van der Waals surface area contributed by atoms with Gasteiger partial charge in [0, 0.05) is 77.7 Å². The number of esters is 1. The third-order valence-electron chi connectivity index (χ3n) is 5.07. The van der Waals surface area contributed by atoms with Gasteiger partial charge in [-0.1, -0.05) is 13.8 Å². The fourth-order valence-corrected chi connectivity index (χ4v) is 2.63. The number of hydrogen-bond acceptors (Lipinski definition) is 10. The molecule has 4 atom stereocenters. The summed E-state index contributed by atoms with van der Waals surface area (Å²) in [6, 6.07) is 5.38. The first-order valence-electron chi connectivity index (χ1n) is 12.8. The van der Waals surface area contributed by atoms with Crippen LogP contribution in [0.4, 0.5) is 0 Å². The van der Waals surface area contributed by atoms with Crippen molar-refractivity contribution < 1.29 is 64.7 Å². The number of carboxylic acids is 2. The van der Waals surface area contributed by atoms with Crippen LogP contribution in [0.3, 0.4) is 0 Å². The third kappa shape index (κ3) is 22.8. The number of hydrogen-bond donors (Lipinski definition) is 5. The molecule has 0 spiro atoms. The van der Waals surface area contributed by atoms with Crippen LogP contribution in [0.5, 0.6) is 0 Å². The second-order valence-electron chi connectivity index (χ2n) is 8.70. The number of aromatic amines is 1. The second-order valence-corrected chi connectivity index (χ2v) is 8.70. The number of carboxylic acid groups (broad SMARTS) is 2. The molecule has 16 heteroatoms. The van der Waals surface area contributed by atoms with Gasteiger partial charge < -0.3 is 37.3 Å². The van der Waals surface area contributed by atoms with Crippen molar-refractivity contribution in [2.24, 2.45) is 17.8 Å². The van der Waals surface area contributed by atoms with Crippen molar-refractivity contribution in [2.75, 3.05) is 20.3 Å². The van der Waals surface area contributed by atoms with Gasteiger partial charge in [-0.05, 0) is 31.5 Å². The molecule has 15 nitrogen and oxygen atoms in total. The van der Waals surface area contributed by atoms with E-state index < -0.39 is 18.2 Å². The number of aliphatic hydroxyl groups excluding tert-OH is 2. The molecule has 1 unspecified atom stereocenters. The second kappa shape index (κ2) is 27.4. The van der Waals surface area contributed by atoms with Gasteiger partial charge in [-0.25, -0.2) is 0 Å². The van der Waals surface area contributed by atoms with Crippen LogP contribution in [0, 0.1) is 25.2 Å². The van der Waals surface area contributed by atoms with Gasteiger partial charge in [0.1, 0.15) is 6.61 Å². The van der Waals surface area contributed by atoms with Crippen LogP contribution < -0.4 is 0 Å². The maximum absolute atomic E-state index is 10.4. The van der Waals surface area contributed by atoms with Crippen LogP contribution in [-0.4, -0.2) is 94.7 Å². The van der Waals surface area contributed by atoms with Gasteiger partial charge in [0.2, 0.25) is 0 Å². The molecule has 5 rings (SSSR count). The Morgan fingerprint density at radius 1 is 1.00 bits per heavy atom. The summed E-state index contributed by atoms with van der Waals surface area (Å²) in [6.07, 6.45) is 11.6. The number of carbonyl (C=O) groups excluding carboxylic acids is 1. The fraction of sp³-hybridized carbons (Fsp3) is 0.519. The summed E-state index contributed by atoms with van der Waals surface area (Å²) < 4.78 is 12.3. The van der Waals surface area contributed by atoms with Crippen LogP contribution in [0.15, 0.2) is 55.4 Å². The van der Waals surface area contributed by atoms with Crippen molar-refractivity contribution in [3.05, 3.63) is 62.8 Å². The zero-order valence-electron chi connectivity index (χ0n) is 25.1. The van der Waals surface area contributed by atoms with E-state index in [9.17, 15) is 14.4 Å². The Bertz CT molecular complexity index is 962. The molecule has 43 heavy (non-hydrogen) atoms. The number of ether oxygens (including phenoxy) is 2. The zero-order chi connectivity index (χ0) is 31.0. The Labute approximate surface area is 265 Å². The molecule has 5 heterocycles. The molecule has 3 aromatic rings. The van der Waals surface area contributed by atoms with Gasteiger partial charge >= 0.3 is 17.9 Å². The molecule has 2 aliphatic rings. The van der Waals surface area contributed by atoms with E-state index in [-0.39, 0.29) is 51.6 Å². The molecule has 5 N–H and O–H groups in total. The predicted octanol–water partition coefficient (Wildman–Crippen LogP) is 1.97. The summed E-state index contributed by atoms with van der Waals surface area (Å²) >= 11 is 0. The van der Waals surface area contributed by atoms with E-state index in [1.165, 1.54) is 0 Å². The Kier molecular flexibility index (Phi) is 28.1. The average molecular weight is 704 g/mol. The van der Waals surface area contributed by atoms with Crippen LogP contribution >= 0.6 is 0 Å². The quantitative estimate of drug-likeness (QED) is 0.142. The van der Waals surface area contributed by atoms with Crippen LogP contribution in [0.1, 0.15) is 33.6 Å². The number of carbonyl (C=O) groups is 3. The van der Waals surface area contributed by atoms with Gasteiger partial charge in [0.25, 0.3) is 0 Å². The SMILES string of the molecule is CO.C[C@@H](Cn1cccn1)C(=O)O.C[C@@H](Cn1cccn1)C(=O)O.C[C@H]1COC1=O.OC1CCCO1.[CH3-].[Pd].c1cn[nH]c1. The number of H-pyrrole nitrogens is 1. The Hall–Kier alpha value is -3.42. The number of rotatable bonds is 6. The van der Waals surface area contributed by atoms with E-state index in [1.54, 1.807) is 72.5 Å². The van der Waals surface area contributed by atoms with Crippen molar-refractivity contribution in [3.63, 3.8) is 0 Å². The smallest absolute Gasteiger partial charge is 0.312 e. The molecule has 0 amide bonds. The summed E-state index contributed by atoms with van der Waals surface area (Å²) in [5.41, 5.74) is 0. The minimum Gasteiger partial charge on any atom is -0.481 e. The summed E-state index contributed by atoms with van der Waals surface area (Å²) in [5, 5.41) is 46.6. The molecule has 248 valence electrons. The molecule has 3 aromatic heterocycles. The number of aromatic nitrogens is 6. The van der Waals surface area contributed by atoms with Crippen molar-refractivity contribution in [1.29, 1.82) is 0 Å². The summed E-state index contributed by atoms with van der Waals surface area (Å²) in [4.78, 5) is 30.8. The number of cyclic esters (lactones) is 1. The van der Waals surface area contributed by atoms with Crippen molar-refractivity contribution in [2.45, 2.75) is 53.0 Å². The first kappa shape index (κ1) is 44.0. The van der Waals surface area contributed by atoms with E-state index in [2.05, 4.69) is 25.1 Å². The molecule has 0 aromatic carbocycles. The summed E-state index contributed by atoms with van der Waals surface area (Å²) in [6.45, 7) is 7.39. The minimum absolute atomic E-state index is 0. The van der Waals surface area contributed by atoms with Crippen molar-refractivity contribution >= 4 is 17.9 Å². The minimum atomic E-state index is -0.791. The van der Waals surface area contributed by atoms with Gasteiger partial charge in [-0.15, -0.1) is 0 Å². The first-order chi connectivity index (χ1) is 19.6. The maximum atomic E-state index is 10.4. The van der Waals surface area contributed by atoms with E-state index in [1.807, 2.05) is 13.0 Å². The van der Waals surface area contributed by atoms with E-state index in [0.29, 0.717) is 19.7 Å². The van der Waals surface area contributed by atoms with Crippen LogP contribution in [0.25, 0.3) is 0 Å². The van der Waals surface area contributed by atoms with E-state index in [0.717, 1.165) is 26.6 Å². The standard InChI is InChI=1S/2C7H10N2O2.C4H6O2.C4H8O2.C3H4N2.CH4O.CH3.Pd/c2*1-6(7(10)11)5-9-4-2-3-8-9;1-3-2-6-4(3)5;5-4-2-1-3-6-4;1-2-4-5-3-1;1-2;;/h2*2-4,6H,5H2,1H3,(H,10,11);3H,2H2,1H3;4-5H,1-3H2;1-3H,(H,4,5);2H,1H3;1H3;/q;;;;;;-1;/t2*6-;3-;;;;;/m000...../s1. The van der Waals surface area contributed by atoms with Gasteiger partial charge in [-0.2, -0.15) is 15.3 Å². The van der Waals surface area contributed by atoms with E-state index in [4.69, 9.17) is 25.2 Å². The Balaban J connectivity index is -0.000000467. The molecule has 0 bridgehead atoms. The maximum Gasteiger partial charge on any atom is 0.312 e. The number of nitrogens with zero attached hydrogens (tertiary/aromatic N) is 5. The van der Waals surface area contributed by atoms with Crippen molar-refractivity contribution in [1.82, 2.24) is 29.8 Å². The Morgan fingerprint density at radius 2 is 1.49 bits per heavy atom.